The Bertz CT molecular complexity index is 4050. The van der Waals surface area contributed by atoms with E-state index in [4.69, 9.17) is 4.74 Å². The number of nitrogens with zero attached hydrogens (tertiary/aromatic N) is 2. The molecule has 5 heteroatoms. The Kier molecular flexibility index (Phi) is 12.7. The van der Waals surface area contributed by atoms with Crippen LogP contribution in [-0.2, 0) is 10.8 Å². The summed E-state index contributed by atoms with van der Waals surface area (Å²) in [5.74, 6) is 0.950. The first-order valence-corrected chi connectivity index (χ1v) is 30.0. The summed E-state index contributed by atoms with van der Waals surface area (Å²) < 4.78 is 37.0. The highest BCUT2D eigenvalue weighted by Crippen LogP contribution is 2.62. The van der Waals surface area contributed by atoms with Gasteiger partial charge in [-0.25, -0.2) is 8.78 Å². The minimum Gasteiger partial charge on any atom is -0.489 e. The highest BCUT2D eigenvalue weighted by atomic mass is 19.1. The lowest BCUT2D eigenvalue weighted by molar-refractivity contribution is 0.202. The zero-order chi connectivity index (χ0) is 55.8. The molecule has 408 valence electrons. The molecule has 6 atom stereocenters. The van der Waals surface area contributed by atoms with E-state index < -0.39 is 5.41 Å². The molecule has 3 nitrogen and oxygen atoms in total. The van der Waals surface area contributed by atoms with Gasteiger partial charge in [0.15, 0.2) is 0 Å². The van der Waals surface area contributed by atoms with Crippen LogP contribution in [0, 0.1) is 23.5 Å². The number of hydrogen-bond donors (Lipinski definition) is 0. The van der Waals surface area contributed by atoms with Crippen molar-refractivity contribution in [1.82, 2.24) is 0 Å². The van der Waals surface area contributed by atoms with Crippen molar-refractivity contribution in [3.05, 3.63) is 305 Å². The van der Waals surface area contributed by atoms with Crippen molar-refractivity contribution in [2.24, 2.45) is 11.8 Å². The van der Waals surface area contributed by atoms with Crippen LogP contribution in [0.3, 0.4) is 0 Å². The molecule has 0 N–H and O–H groups in total. The van der Waals surface area contributed by atoms with E-state index in [0.717, 1.165) is 121 Å². The molecule has 8 aromatic carbocycles. The zero-order valence-electron chi connectivity index (χ0n) is 46.8. The van der Waals surface area contributed by atoms with Gasteiger partial charge in [0.05, 0.1) is 0 Å². The second kappa shape index (κ2) is 20.6. The molecular weight excluding hydrogens is 1020 g/mol. The van der Waals surface area contributed by atoms with E-state index in [9.17, 15) is 0 Å². The number of anilines is 5. The zero-order valence-corrected chi connectivity index (χ0v) is 46.8. The van der Waals surface area contributed by atoms with Gasteiger partial charge in [-0.15, -0.1) is 0 Å². The van der Waals surface area contributed by atoms with Crippen LogP contribution in [0.2, 0.25) is 0 Å². The molecule has 7 aliphatic rings. The van der Waals surface area contributed by atoms with E-state index in [2.05, 4.69) is 193 Å². The average molecular weight is 1090 g/mol. The van der Waals surface area contributed by atoms with E-state index in [1.807, 2.05) is 36.4 Å². The van der Waals surface area contributed by atoms with Crippen LogP contribution in [0.15, 0.2) is 243 Å². The number of halogens is 2. The predicted molar refractivity (Wildman–Crippen MR) is 338 cm³/mol. The van der Waals surface area contributed by atoms with Gasteiger partial charge < -0.3 is 14.5 Å². The Labute approximate surface area is 487 Å². The SMILES string of the molecule is C=Cc1ccc(C2(C3CC=CCC3)C3=C(C=CCC3)c3ccc(N(C4=CC5c6cc(N(c7ccc(F)cc7)c7ccc8c(c7)C(c7ccc(C=C)cc7)(C7CC=CCC7)c7ccccc7-8)ccc6OC5CC4)c4ccc(F)cc4)cc32)cc1. The van der Waals surface area contributed by atoms with Gasteiger partial charge in [0.25, 0.3) is 0 Å². The molecule has 15 rings (SSSR count). The molecule has 0 radical (unpaired) electrons. The normalized spacial score (nSPS) is 23.2. The van der Waals surface area contributed by atoms with Gasteiger partial charge in [0.2, 0.25) is 0 Å². The lowest BCUT2D eigenvalue weighted by Crippen LogP contribution is -2.38. The first kappa shape index (κ1) is 51.1. The Morgan fingerprint density at radius 1 is 0.482 bits per heavy atom. The first-order valence-electron chi connectivity index (χ1n) is 30.0. The maximum Gasteiger partial charge on any atom is 0.123 e. The minimum atomic E-state index is -0.420. The molecule has 0 amide bonds. The fourth-order valence-corrected chi connectivity index (χ4v) is 16.1. The molecule has 0 fully saturated rings. The number of rotatable bonds is 12. The summed E-state index contributed by atoms with van der Waals surface area (Å²) >= 11 is 0. The molecule has 83 heavy (non-hydrogen) atoms. The summed E-state index contributed by atoms with van der Waals surface area (Å²) in [7, 11) is 0. The Morgan fingerprint density at radius 3 is 1.69 bits per heavy atom. The second-order valence-corrected chi connectivity index (χ2v) is 23.8. The maximum absolute atomic E-state index is 15.1. The van der Waals surface area contributed by atoms with Crippen LogP contribution < -0.4 is 14.5 Å². The highest BCUT2D eigenvalue weighted by molar-refractivity contribution is 5.91. The van der Waals surface area contributed by atoms with E-state index in [1.165, 1.54) is 55.7 Å². The second-order valence-electron chi connectivity index (χ2n) is 23.8. The molecule has 0 aromatic heterocycles. The monoisotopic (exact) mass is 1080 g/mol. The molecule has 8 aromatic rings. The quantitative estimate of drug-likeness (QED) is 0.113. The van der Waals surface area contributed by atoms with E-state index in [-0.39, 0.29) is 29.1 Å². The van der Waals surface area contributed by atoms with Crippen molar-refractivity contribution in [2.45, 2.75) is 87.1 Å². The lowest BCUT2D eigenvalue weighted by Gasteiger charge is -2.44. The molecule has 6 aliphatic carbocycles. The Balaban J connectivity index is 0.864. The van der Waals surface area contributed by atoms with E-state index >= 15 is 8.78 Å². The molecule has 0 saturated carbocycles. The molecule has 0 spiro atoms. The minimum absolute atomic E-state index is 0.0669. The number of fused-ring (bicyclic) bond motifs is 8. The number of benzene rings is 8. The van der Waals surface area contributed by atoms with Crippen LogP contribution in [0.5, 0.6) is 5.75 Å². The van der Waals surface area contributed by atoms with Crippen LogP contribution >= 0.6 is 0 Å². The third-order valence-corrected chi connectivity index (χ3v) is 19.7. The molecule has 1 aliphatic heterocycles. The molecule has 6 unspecified atom stereocenters. The van der Waals surface area contributed by atoms with Crippen molar-refractivity contribution in [3.63, 3.8) is 0 Å². The van der Waals surface area contributed by atoms with Crippen LogP contribution in [-0.4, -0.2) is 6.10 Å². The van der Waals surface area contributed by atoms with Gasteiger partial charge in [-0.2, -0.15) is 0 Å². The largest absolute Gasteiger partial charge is 0.489 e. The average Bonchev–Trinajstić information content (AvgIpc) is 2.69. The van der Waals surface area contributed by atoms with Gasteiger partial charge in [0, 0.05) is 56.4 Å². The third kappa shape index (κ3) is 8.16. The Morgan fingerprint density at radius 2 is 1.04 bits per heavy atom. The van der Waals surface area contributed by atoms with Crippen molar-refractivity contribution in [1.29, 1.82) is 0 Å². The number of allylic oxidation sites excluding steroid dienone is 9. The van der Waals surface area contributed by atoms with Gasteiger partial charge in [-0.3, -0.25) is 0 Å². The smallest absolute Gasteiger partial charge is 0.123 e. The predicted octanol–water partition coefficient (Wildman–Crippen LogP) is 20.5. The lowest BCUT2D eigenvalue weighted by atomic mass is 9.59. The van der Waals surface area contributed by atoms with Crippen LogP contribution in [0.4, 0.5) is 37.2 Å². The Hall–Kier alpha value is -8.80. The fourth-order valence-electron chi connectivity index (χ4n) is 16.1. The molecule has 1 heterocycles. The van der Waals surface area contributed by atoms with Crippen molar-refractivity contribution >= 4 is 46.2 Å². The third-order valence-electron chi connectivity index (χ3n) is 19.7. The topological polar surface area (TPSA) is 15.7 Å². The van der Waals surface area contributed by atoms with Crippen molar-refractivity contribution < 1.29 is 13.5 Å². The summed E-state index contributed by atoms with van der Waals surface area (Å²) in [6.07, 6.45) is 30.3. The van der Waals surface area contributed by atoms with Crippen molar-refractivity contribution in [2.75, 3.05) is 9.80 Å². The maximum atomic E-state index is 15.1. The summed E-state index contributed by atoms with van der Waals surface area (Å²) in [6.45, 7) is 8.20. The van der Waals surface area contributed by atoms with Crippen LogP contribution in [0.1, 0.15) is 120 Å². The van der Waals surface area contributed by atoms with Gasteiger partial charge in [-0.1, -0.05) is 153 Å². The van der Waals surface area contributed by atoms with Gasteiger partial charge in [-0.05, 0) is 234 Å². The molecule has 0 bridgehead atoms. The molecular formula is C78H66F2N2O. The van der Waals surface area contributed by atoms with Crippen LogP contribution in [0.25, 0.3) is 28.9 Å². The number of hydrogen-bond acceptors (Lipinski definition) is 3. The standard InChI is InChI=1S/C78H66F2N2O/c1-3-51-23-27-55(28-24-51)77(53-15-7-5-8-16-53)71-21-13-11-19-65(71)67-43-39-63(49-73(67)77)81(59-35-31-57(79)32-36-59)61-41-45-75-69(47-61)70-48-62(42-46-76(70)83-75)82(60-37-33-58(80)34-38-60)64-40-44-68-66-20-12-14-22-72(66)78(74(68)50-64,54-17-9-6-10-18-54)56-29-25-52(4-2)26-30-56/h3-7,9,11-13,19-21,23-41,43-45,47-50,53-54,70,76H,1-2,8,10,14-18,22,42,46H2. The summed E-state index contributed by atoms with van der Waals surface area (Å²) in [4.78, 5) is 4.69. The summed E-state index contributed by atoms with van der Waals surface area (Å²) in [5, 5.41) is 0. The summed E-state index contributed by atoms with van der Waals surface area (Å²) in [5.41, 5.74) is 21.9. The van der Waals surface area contributed by atoms with Crippen molar-refractivity contribution in [3.8, 4) is 16.9 Å². The summed E-state index contributed by atoms with van der Waals surface area (Å²) in [6, 6.07) is 62.0. The fraction of sp³-hybridized carbons (Fsp3) is 0.205. The highest BCUT2D eigenvalue weighted by Gasteiger charge is 2.52. The first-order chi connectivity index (χ1) is 40.8. The molecule has 0 saturated heterocycles. The number of ether oxygens (including phenoxy) is 1. The van der Waals surface area contributed by atoms with E-state index in [1.54, 1.807) is 24.3 Å². The van der Waals surface area contributed by atoms with Gasteiger partial charge in [0.1, 0.15) is 23.5 Å². The van der Waals surface area contributed by atoms with E-state index in [0.29, 0.717) is 11.8 Å². The van der Waals surface area contributed by atoms with Gasteiger partial charge >= 0.3 is 0 Å².